The molecule has 8 nitrogen and oxygen atoms in total. The molecule has 2 heterocycles. The van der Waals surface area contributed by atoms with Gasteiger partial charge in [-0.25, -0.2) is 8.42 Å². The summed E-state index contributed by atoms with van der Waals surface area (Å²) in [6.45, 7) is 3.55. The molecule has 10 heteroatoms. The van der Waals surface area contributed by atoms with Gasteiger partial charge in [-0.05, 0) is 66.0 Å². The van der Waals surface area contributed by atoms with Crippen molar-refractivity contribution in [2.24, 2.45) is 0 Å². The lowest BCUT2D eigenvalue weighted by atomic mass is 10.2. The molecule has 28 heavy (non-hydrogen) atoms. The third-order valence-electron chi connectivity index (χ3n) is 4.55. The van der Waals surface area contributed by atoms with Gasteiger partial charge in [-0.2, -0.15) is 4.31 Å². The molecule has 0 aliphatic carbocycles. The monoisotopic (exact) mass is 468 g/mol. The van der Waals surface area contributed by atoms with Crippen LogP contribution in [0.3, 0.4) is 0 Å². The number of amides is 2. The molecule has 1 aliphatic rings. The van der Waals surface area contributed by atoms with Gasteiger partial charge in [-0.1, -0.05) is 0 Å². The molecule has 0 atom stereocenters. The summed E-state index contributed by atoms with van der Waals surface area (Å²) in [6.07, 6.45) is 3.49. The van der Waals surface area contributed by atoms with Crippen LogP contribution in [0.15, 0.2) is 45.9 Å². The topological polar surface area (TPSA) is 101 Å². The van der Waals surface area contributed by atoms with Crippen LogP contribution in [0.1, 0.15) is 40.6 Å². The van der Waals surface area contributed by atoms with Crippen LogP contribution in [0.25, 0.3) is 0 Å². The third-order valence-corrected chi connectivity index (χ3v) is 6.89. The molecule has 1 fully saturated rings. The number of nitrogens with zero attached hydrogens (tertiary/aromatic N) is 2. The van der Waals surface area contributed by atoms with Crippen molar-refractivity contribution in [2.75, 3.05) is 13.1 Å². The Kier molecular flexibility index (Phi) is 6.21. The van der Waals surface area contributed by atoms with Crippen LogP contribution in [0.2, 0.25) is 0 Å². The van der Waals surface area contributed by atoms with Crippen molar-refractivity contribution in [3.63, 3.8) is 0 Å². The number of rotatable bonds is 5. The third kappa shape index (κ3) is 4.29. The lowest BCUT2D eigenvalue weighted by Gasteiger charge is -2.15. The summed E-state index contributed by atoms with van der Waals surface area (Å²) < 4.78 is 29.0. The van der Waals surface area contributed by atoms with Crippen molar-refractivity contribution in [3.05, 3.63) is 52.3 Å². The number of sulfonamides is 1. The fourth-order valence-electron chi connectivity index (χ4n) is 3.03. The van der Waals surface area contributed by atoms with Gasteiger partial charge in [0.2, 0.25) is 10.0 Å². The minimum atomic E-state index is -3.52. The molecule has 1 saturated heterocycles. The Morgan fingerprint density at radius 1 is 1.07 bits per heavy atom. The SMILES string of the molecule is CCn1cc(Br)cc1C(=O)NNC(=O)c1ccc(S(=O)(=O)N2CCCC2)cc1. The molecule has 2 aromatic rings. The second-order valence-corrected chi connectivity index (χ2v) is 9.23. The Hall–Kier alpha value is -2.17. The van der Waals surface area contributed by atoms with Crippen LogP contribution in [-0.2, 0) is 16.6 Å². The van der Waals surface area contributed by atoms with Gasteiger partial charge in [0.05, 0.1) is 4.90 Å². The lowest BCUT2D eigenvalue weighted by molar-refractivity contribution is 0.0841. The van der Waals surface area contributed by atoms with E-state index in [4.69, 9.17) is 0 Å². The number of aryl methyl sites for hydroxylation is 1. The van der Waals surface area contributed by atoms with E-state index >= 15 is 0 Å². The number of nitrogens with one attached hydrogen (secondary N) is 2. The normalized spacial score (nSPS) is 14.8. The molecule has 1 aromatic carbocycles. The highest BCUT2D eigenvalue weighted by Crippen LogP contribution is 2.21. The molecule has 0 saturated carbocycles. The summed E-state index contributed by atoms with van der Waals surface area (Å²) in [5, 5.41) is 0. The van der Waals surface area contributed by atoms with Crippen molar-refractivity contribution >= 4 is 37.8 Å². The lowest BCUT2D eigenvalue weighted by Crippen LogP contribution is -2.42. The highest BCUT2D eigenvalue weighted by molar-refractivity contribution is 9.10. The summed E-state index contributed by atoms with van der Waals surface area (Å²) in [5.41, 5.74) is 5.36. The first kappa shape index (κ1) is 20.6. The largest absolute Gasteiger partial charge is 0.343 e. The number of hydrazine groups is 1. The number of hydrogen-bond acceptors (Lipinski definition) is 4. The molecule has 0 unspecified atom stereocenters. The Morgan fingerprint density at radius 3 is 2.29 bits per heavy atom. The van der Waals surface area contributed by atoms with Crippen molar-refractivity contribution in [1.82, 2.24) is 19.7 Å². The highest BCUT2D eigenvalue weighted by Gasteiger charge is 2.27. The second-order valence-electron chi connectivity index (χ2n) is 6.37. The minimum Gasteiger partial charge on any atom is -0.343 e. The van der Waals surface area contributed by atoms with E-state index in [2.05, 4.69) is 26.8 Å². The fourth-order valence-corrected chi connectivity index (χ4v) is 5.01. The zero-order valence-corrected chi connectivity index (χ0v) is 17.7. The van der Waals surface area contributed by atoms with Gasteiger partial charge >= 0.3 is 0 Å². The summed E-state index contributed by atoms with van der Waals surface area (Å²) in [7, 11) is -3.52. The molecular weight excluding hydrogens is 448 g/mol. The number of halogens is 1. The van der Waals surface area contributed by atoms with Gasteiger partial charge in [0.1, 0.15) is 5.69 Å². The molecular formula is C18H21BrN4O4S. The first-order valence-electron chi connectivity index (χ1n) is 8.89. The van der Waals surface area contributed by atoms with Crippen LogP contribution in [-0.4, -0.2) is 42.2 Å². The van der Waals surface area contributed by atoms with E-state index in [1.165, 1.54) is 28.6 Å². The average Bonchev–Trinajstić information content (AvgIpc) is 3.36. The summed E-state index contributed by atoms with van der Waals surface area (Å²) in [4.78, 5) is 24.7. The maximum Gasteiger partial charge on any atom is 0.286 e. The second kappa shape index (κ2) is 8.46. The maximum absolute atomic E-state index is 12.5. The zero-order valence-electron chi connectivity index (χ0n) is 15.3. The van der Waals surface area contributed by atoms with Crippen LogP contribution >= 0.6 is 15.9 Å². The summed E-state index contributed by atoms with van der Waals surface area (Å²) >= 11 is 3.32. The average molecular weight is 469 g/mol. The van der Waals surface area contributed by atoms with Gasteiger partial charge in [0.15, 0.2) is 0 Å². The fraction of sp³-hybridized carbons (Fsp3) is 0.333. The smallest absolute Gasteiger partial charge is 0.286 e. The van der Waals surface area contributed by atoms with Gasteiger partial charge in [-0.3, -0.25) is 20.4 Å². The predicted octanol–water partition coefficient (Wildman–Crippen LogP) is 2.13. The van der Waals surface area contributed by atoms with E-state index in [9.17, 15) is 18.0 Å². The quantitative estimate of drug-likeness (QED) is 0.656. The standard InChI is InChI=1S/C18H21BrN4O4S/c1-2-22-12-14(19)11-16(22)18(25)21-20-17(24)13-5-7-15(8-6-13)28(26,27)23-9-3-4-10-23/h5-8,11-12H,2-4,9-10H2,1H3,(H,20,24)(H,21,25). The Morgan fingerprint density at radius 2 is 1.68 bits per heavy atom. The number of aromatic nitrogens is 1. The molecule has 0 bridgehead atoms. The predicted molar refractivity (Wildman–Crippen MR) is 107 cm³/mol. The maximum atomic E-state index is 12.5. The number of carbonyl (C=O) groups is 2. The molecule has 0 spiro atoms. The van der Waals surface area contributed by atoms with Crippen LogP contribution < -0.4 is 10.9 Å². The van der Waals surface area contributed by atoms with E-state index in [0.29, 0.717) is 25.3 Å². The van der Waals surface area contributed by atoms with Crippen molar-refractivity contribution in [2.45, 2.75) is 31.2 Å². The molecule has 3 rings (SSSR count). The van der Waals surface area contributed by atoms with E-state index in [1.807, 2.05) is 6.92 Å². The van der Waals surface area contributed by atoms with Gasteiger partial charge in [0, 0.05) is 35.9 Å². The van der Waals surface area contributed by atoms with E-state index in [0.717, 1.165) is 17.3 Å². The Balaban J connectivity index is 1.64. The number of benzene rings is 1. The van der Waals surface area contributed by atoms with E-state index in [1.54, 1.807) is 16.8 Å². The van der Waals surface area contributed by atoms with Gasteiger partial charge in [-0.15, -0.1) is 0 Å². The first-order chi connectivity index (χ1) is 13.3. The Bertz CT molecular complexity index is 980. The molecule has 1 aliphatic heterocycles. The van der Waals surface area contributed by atoms with Gasteiger partial charge < -0.3 is 4.57 Å². The van der Waals surface area contributed by atoms with E-state index in [-0.39, 0.29) is 10.5 Å². The van der Waals surface area contributed by atoms with Gasteiger partial charge in [0.25, 0.3) is 11.8 Å². The van der Waals surface area contributed by atoms with Crippen LogP contribution in [0, 0.1) is 0 Å². The van der Waals surface area contributed by atoms with Crippen molar-refractivity contribution < 1.29 is 18.0 Å². The molecule has 0 radical (unpaired) electrons. The minimum absolute atomic E-state index is 0.153. The van der Waals surface area contributed by atoms with Crippen LogP contribution in [0.5, 0.6) is 0 Å². The molecule has 150 valence electrons. The molecule has 1 aromatic heterocycles. The Labute approximate surface area is 172 Å². The molecule has 2 N–H and O–H groups in total. The number of carbonyl (C=O) groups excluding carboxylic acids is 2. The molecule has 2 amide bonds. The zero-order chi connectivity index (χ0) is 20.3. The first-order valence-corrected chi connectivity index (χ1v) is 11.1. The van der Waals surface area contributed by atoms with Crippen molar-refractivity contribution in [1.29, 1.82) is 0 Å². The van der Waals surface area contributed by atoms with E-state index < -0.39 is 21.8 Å². The summed E-state index contributed by atoms with van der Waals surface area (Å²) in [5.74, 6) is -0.985. The summed E-state index contributed by atoms with van der Waals surface area (Å²) in [6, 6.07) is 7.32. The number of hydrogen-bond donors (Lipinski definition) is 2. The van der Waals surface area contributed by atoms with Crippen LogP contribution in [0.4, 0.5) is 0 Å². The van der Waals surface area contributed by atoms with Crippen molar-refractivity contribution in [3.8, 4) is 0 Å². The highest BCUT2D eigenvalue weighted by atomic mass is 79.9.